The van der Waals surface area contributed by atoms with Crippen molar-refractivity contribution in [3.63, 3.8) is 0 Å². The average Bonchev–Trinajstić information content (AvgIpc) is 3.02. The summed E-state index contributed by atoms with van der Waals surface area (Å²) < 4.78 is 5.68. The van der Waals surface area contributed by atoms with Crippen LogP contribution in [0, 0.1) is 0 Å². The van der Waals surface area contributed by atoms with Crippen molar-refractivity contribution in [2.45, 2.75) is 37.9 Å². The van der Waals surface area contributed by atoms with Gasteiger partial charge in [-0.05, 0) is 24.3 Å². The first-order valence-corrected chi connectivity index (χ1v) is 7.56. The van der Waals surface area contributed by atoms with Crippen LogP contribution < -0.4 is 0 Å². The van der Waals surface area contributed by atoms with E-state index < -0.39 is 6.00 Å². The van der Waals surface area contributed by atoms with Crippen molar-refractivity contribution in [1.29, 1.82) is 0 Å². The third-order valence-corrected chi connectivity index (χ3v) is 4.00. The fourth-order valence-electron chi connectivity index (χ4n) is 2.13. The fourth-order valence-corrected chi connectivity index (χ4v) is 2.77. The first-order chi connectivity index (χ1) is 9.66. The zero-order chi connectivity index (χ0) is 14.4. The maximum atomic E-state index is 11.8. The second-order valence-corrected chi connectivity index (χ2v) is 5.81. The van der Waals surface area contributed by atoms with Gasteiger partial charge in [0, 0.05) is 23.5 Å². The molecule has 1 N–H and O–H groups in total. The number of hydrogen-bond acceptors (Lipinski definition) is 4. The molecular weight excluding hydrogens is 273 g/mol. The number of thiophene rings is 1. The number of rotatable bonds is 7. The average molecular weight is 291 g/mol. The van der Waals surface area contributed by atoms with Gasteiger partial charge in [-0.2, -0.15) is 0 Å². The molecule has 1 aromatic rings. The molecule has 20 heavy (non-hydrogen) atoms. The molecule has 0 bridgehead atoms. The summed E-state index contributed by atoms with van der Waals surface area (Å²) in [5.74, 6) is 0.0949. The number of aliphatic hydroxyl groups excluding tert-OH is 1. The Morgan fingerprint density at radius 1 is 1.65 bits per heavy atom. The number of likely N-dealkylation sites (tertiary alicyclic amines) is 1. The molecule has 106 valence electrons. The lowest BCUT2D eigenvalue weighted by atomic mass is 9.97. The Balaban J connectivity index is 1.79. The molecule has 2 unspecified atom stereocenters. The van der Waals surface area contributed by atoms with Crippen LogP contribution >= 0.6 is 11.3 Å². The maximum absolute atomic E-state index is 11.8. The van der Waals surface area contributed by atoms with Crippen LogP contribution in [0.2, 0.25) is 0 Å². The van der Waals surface area contributed by atoms with E-state index in [1.165, 1.54) is 4.88 Å². The zero-order valence-electron chi connectivity index (χ0n) is 11.3. The molecule has 0 aliphatic carbocycles. The zero-order valence-corrected chi connectivity index (χ0v) is 12.1. The van der Waals surface area contributed by atoms with Gasteiger partial charge in [-0.1, -0.05) is 12.1 Å². The Morgan fingerprint density at radius 3 is 3.20 bits per heavy atom. The van der Waals surface area contributed by atoms with Gasteiger partial charge in [0.2, 0.25) is 5.91 Å². The topological polar surface area (TPSA) is 49.8 Å². The van der Waals surface area contributed by atoms with Gasteiger partial charge in [0.05, 0.1) is 19.3 Å². The largest absolute Gasteiger partial charge is 0.403 e. The van der Waals surface area contributed by atoms with E-state index in [9.17, 15) is 4.79 Å². The second-order valence-electron chi connectivity index (χ2n) is 4.78. The summed E-state index contributed by atoms with van der Waals surface area (Å²) in [5, 5.41) is 11.0. The van der Waals surface area contributed by atoms with E-state index in [1.54, 1.807) is 28.5 Å². The van der Waals surface area contributed by atoms with E-state index in [1.807, 2.05) is 17.5 Å². The van der Waals surface area contributed by atoms with Crippen LogP contribution in [0.3, 0.4) is 0 Å². The standard InChI is InChI=1S/C14H18BNO3S/c15-13(17)4-1-7-16-11(5-6-14(16)18)9-19-10-12-3-2-8-20-12/h1-3,7-8,11,13,17H,4-6,9-10H2/b7-1+. The molecular formula is C14H18BNO3S. The number of hydrogen-bond donors (Lipinski definition) is 1. The van der Waals surface area contributed by atoms with E-state index >= 15 is 0 Å². The maximum Gasteiger partial charge on any atom is 0.226 e. The Hall–Kier alpha value is -1.11. The number of nitrogens with zero attached hydrogens (tertiary/aromatic N) is 1. The van der Waals surface area contributed by atoms with Crippen LogP contribution in [-0.2, 0) is 16.1 Å². The normalized spacial score (nSPS) is 20.9. The van der Waals surface area contributed by atoms with Gasteiger partial charge in [0.1, 0.15) is 7.85 Å². The van der Waals surface area contributed by atoms with Crippen molar-refractivity contribution >= 4 is 25.1 Å². The summed E-state index contributed by atoms with van der Waals surface area (Å²) in [5.41, 5.74) is 0. The number of aliphatic hydroxyl groups is 1. The molecule has 1 saturated heterocycles. The SMILES string of the molecule is [B]C(O)C/C=C/N1C(=O)CCC1COCc1cccs1. The van der Waals surface area contributed by atoms with Crippen LogP contribution in [0.25, 0.3) is 0 Å². The quantitative estimate of drug-likeness (QED) is 0.777. The van der Waals surface area contributed by atoms with Crippen molar-refractivity contribution in [1.82, 2.24) is 4.90 Å². The van der Waals surface area contributed by atoms with Gasteiger partial charge in [-0.25, -0.2) is 0 Å². The van der Waals surface area contributed by atoms with Crippen LogP contribution in [-0.4, -0.2) is 42.4 Å². The molecule has 2 atom stereocenters. The summed E-state index contributed by atoms with van der Waals surface area (Å²) in [6.07, 6.45) is 5.12. The Morgan fingerprint density at radius 2 is 2.50 bits per heavy atom. The number of amides is 1. The van der Waals surface area contributed by atoms with Gasteiger partial charge in [0.15, 0.2) is 0 Å². The number of carbonyl (C=O) groups is 1. The lowest BCUT2D eigenvalue weighted by Gasteiger charge is -2.21. The number of ether oxygens (including phenoxy) is 1. The van der Waals surface area contributed by atoms with E-state index in [0.29, 0.717) is 26.1 Å². The Kier molecular flexibility index (Phi) is 5.82. The van der Waals surface area contributed by atoms with E-state index in [-0.39, 0.29) is 11.9 Å². The molecule has 0 aromatic carbocycles. The molecule has 1 aliphatic rings. The highest BCUT2D eigenvalue weighted by molar-refractivity contribution is 7.09. The third-order valence-electron chi connectivity index (χ3n) is 3.15. The van der Waals surface area contributed by atoms with Gasteiger partial charge >= 0.3 is 0 Å². The first-order valence-electron chi connectivity index (χ1n) is 6.68. The van der Waals surface area contributed by atoms with Crippen molar-refractivity contribution in [3.8, 4) is 0 Å². The monoisotopic (exact) mass is 291 g/mol. The molecule has 1 aromatic heterocycles. The molecule has 0 spiro atoms. The number of carbonyl (C=O) groups excluding carboxylic acids is 1. The molecule has 1 aliphatic heterocycles. The van der Waals surface area contributed by atoms with Gasteiger partial charge < -0.3 is 14.7 Å². The van der Waals surface area contributed by atoms with E-state index in [0.717, 1.165) is 6.42 Å². The van der Waals surface area contributed by atoms with Crippen LogP contribution in [0.1, 0.15) is 24.1 Å². The van der Waals surface area contributed by atoms with Gasteiger partial charge in [-0.15, -0.1) is 11.3 Å². The predicted octanol–water partition coefficient (Wildman–Crippen LogP) is 1.65. The Bertz CT molecular complexity index is 447. The minimum atomic E-state index is -0.877. The molecule has 1 fully saturated rings. The van der Waals surface area contributed by atoms with Crippen LogP contribution in [0.5, 0.6) is 0 Å². The highest BCUT2D eigenvalue weighted by Gasteiger charge is 2.29. The van der Waals surface area contributed by atoms with Gasteiger partial charge in [-0.3, -0.25) is 4.79 Å². The highest BCUT2D eigenvalue weighted by atomic mass is 32.1. The van der Waals surface area contributed by atoms with Crippen molar-refractivity contribution in [2.75, 3.05) is 6.61 Å². The molecule has 2 radical (unpaired) electrons. The minimum Gasteiger partial charge on any atom is -0.403 e. The third kappa shape index (κ3) is 4.47. The molecule has 2 heterocycles. The summed E-state index contributed by atoms with van der Waals surface area (Å²) >= 11 is 1.66. The summed E-state index contributed by atoms with van der Waals surface area (Å²) in [7, 11) is 5.26. The second kappa shape index (κ2) is 7.62. The molecule has 2 rings (SSSR count). The van der Waals surface area contributed by atoms with Crippen molar-refractivity contribution < 1.29 is 14.6 Å². The smallest absolute Gasteiger partial charge is 0.226 e. The predicted molar refractivity (Wildman–Crippen MR) is 79.4 cm³/mol. The fraction of sp³-hybridized carbons (Fsp3) is 0.500. The van der Waals surface area contributed by atoms with Crippen LogP contribution in [0.4, 0.5) is 0 Å². The summed E-state index contributed by atoms with van der Waals surface area (Å²) in [6.45, 7) is 1.11. The Labute approximate surface area is 124 Å². The summed E-state index contributed by atoms with van der Waals surface area (Å²) in [6, 6.07) is 3.23. The lowest BCUT2D eigenvalue weighted by molar-refractivity contribution is -0.127. The van der Waals surface area contributed by atoms with E-state index in [2.05, 4.69) is 0 Å². The molecule has 6 heteroatoms. The lowest BCUT2D eigenvalue weighted by Crippen LogP contribution is -2.31. The minimum absolute atomic E-state index is 0.0774. The van der Waals surface area contributed by atoms with E-state index in [4.69, 9.17) is 17.7 Å². The highest BCUT2D eigenvalue weighted by Crippen LogP contribution is 2.20. The van der Waals surface area contributed by atoms with Crippen LogP contribution in [0.15, 0.2) is 29.8 Å². The first kappa shape index (κ1) is 15.3. The van der Waals surface area contributed by atoms with Gasteiger partial charge in [0.25, 0.3) is 0 Å². The summed E-state index contributed by atoms with van der Waals surface area (Å²) in [4.78, 5) is 14.7. The van der Waals surface area contributed by atoms with Crippen molar-refractivity contribution in [3.05, 3.63) is 34.7 Å². The molecule has 1 amide bonds. The molecule has 4 nitrogen and oxygen atoms in total. The molecule has 0 saturated carbocycles. The van der Waals surface area contributed by atoms with Crippen molar-refractivity contribution in [2.24, 2.45) is 0 Å².